The van der Waals surface area contributed by atoms with Crippen molar-refractivity contribution in [1.29, 1.82) is 0 Å². The van der Waals surface area contributed by atoms with Gasteiger partial charge in [0.2, 0.25) is 0 Å². The first kappa shape index (κ1) is 12.0. The molecule has 1 aromatic heterocycles. The van der Waals surface area contributed by atoms with Gasteiger partial charge in [0, 0.05) is 29.7 Å². The second kappa shape index (κ2) is 5.72. The lowest BCUT2D eigenvalue weighted by Crippen LogP contribution is -2.20. The highest BCUT2D eigenvalue weighted by atomic mass is 79.9. The Balaban J connectivity index is 1.84. The van der Waals surface area contributed by atoms with E-state index in [0.29, 0.717) is 26.1 Å². The molecular formula is C11H14BrNO3. The van der Waals surface area contributed by atoms with Gasteiger partial charge in [-0.3, -0.25) is 4.98 Å². The van der Waals surface area contributed by atoms with Gasteiger partial charge >= 0.3 is 0 Å². The van der Waals surface area contributed by atoms with Gasteiger partial charge in [-0.1, -0.05) is 0 Å². The Bertz CT molecular complexity index is 342. The molecule has 0 aromatic carbocycles. The second-order valence-electron chi connectivity index (χ2n) is 3.78. The minimum atomic E-state index is -0.459. The summed E-state index contributed by atoms with van der Waals surface area (Å²) < 4.78 is 11.5. The van der Waals surface area contributed by atoms with Crippen molar-refractivity contribution in [3.8, 4) is 0 Å². The molecule has 0 radical (unpaired) electrons. The van der Waals surface area contributed by atoms with Crippen molar-refractivity contribution in [2.45, 2.75) is 25.2 Å². The zero-order valence-electron chi connectivity index (χ0n) is 8.80. The van der Waals surface area contributed by atoms with E-state index in [9.17, 15) is 5.11 Å². The van der Waals surface area contributed by atoms with Crippen LogP contribution in [0, 0.1) is 0 Å². The van der Waals surface area contributed by atoms with E-state index in [2.05, 4.69) is 20.9 Å². The van der Waals surface area contributed by atoms with Crippen LogP contribution in [0.2, 0.25) is 0 Å². The fraction of sp³-hybridized carbons (Fsp3) is 0.545. The predicted molar refractivity (Wildman–Crippen MR) is 62.0 cm³/mol. The fourth-order valence-electron chi connectivity index (χ4n) is 1.69. The van der Waals surface area contributed by atoms with Crippen LogP contribution in [0.1, 0.15) is 12.0 Å². The SMILES string of the molecule is OC(Cc1cncc(Br)c1)CC1OCCO1. The summed E-state index contributed by atoms with van der Waals surface area (Å²) in [5.74, 6) is 0. The molecule has 88 valence electrons. The topological polar surface area (TPSA) is 51.6 Å². The quantitative estimate of drug-likeness (QED) is 0.912. The molecule has 0 aliphatic carbocycles. The number of nitrogens with zero attached hydrogens (tertiary/aromatic N) is 1. The number of pyridine rings is 1. The van der Waals surface area contributed by atoms with Gasteiger partial charge < -0.3 is 14.6 Å². The third-order valence-corrected chi connectivity index (χ3v) is 2.82. The largest absolute Gasteiger partial charge is 0.393 e. The minimum absolute atomic E-state index is 0.255. The Morgan fingerprint density at radius 2 is 2.19 bits per heavy atom. The summed E-state index contributed by atoms with van der Waals surface area (Å²) in [4.78, 5) is 4.05. The predicted octanol–water partition coefficient (Wildman–Crippen LogP) is 1.51. The van der Waals surface area contributed by atoms with Gasteiger partial charge in [-0.25, -0.2) is 0 Å². The summed E-state index contributed by atoms with van der Waals surface area (Å²) >= 11 is 3.35. The fourth-order valence-corrected chi connectivity index (χ4v) is 2.10. The van der Waals surface area contributed by atoms with Crippen LogP contribution in [0.5, 0.6) is 0 Å². The smallest absolute Gasteiger partial charge is 0.160 e. The van der Waals surface area contributed by atoms with Crippen molar-refractivity contribution >= 4 is 15.9 Å². The van der Waals surface area contributed by atoms with E-state index in [0.717, 1.165) is 10.0 Å². The second-order valence-corrected chi connectivity index (χ2v) is 4.69. The van der Waals surface area contributed by atoms with Crippen LogP contribution < -0.4 is 0 Å². The Kier molecular flexibility index (Phi) is 4.29. The third-order valence-electron chi connectivity index (χ3n) is 2.39. The minimum Gasteiger partial charge on any atom is -0.393 e. The van der Waals surface area contributed by atoms with Crippen LogP contribution in [0.3, 0.4) is 0 Å². The average molecular weight is 288 g/mol. The third kappa shape index (κ3) is 3.52. The van der Waals surface area contributed by atoms with Gasteiger partial charge in [-0.2, -0.15) is 0 Å². The average Bonchev–Trinajstić information content (AvgIpc) is 2.70. The van der Waals surface area contributed by atoms with E-state index < -0.39 is 6.10 Å². The Hall–Kier alpha value is -0.490. The van der Waals surface area contributed by atoms with E-state index in [4.69, 9.17) is 9.47 Å². The van der Waals surface area contributed by atoms with Gasteiger partial charge in [-0.05, 0) is 27.6 Å². The molecule has 16 heavy (non-hydrogen) atoms. The lowest BCUT2D eigenvalue weighted by molar-refractivity contribution is -0.0698. The van der Waals surface area contributed by atoms with E-state index in [1.807, 2.05) is 6.07 Å². The number of aromatic nitrogens is 1. The highest BCUT2D eigenvalue weighted by Crippen LogP contribution is 2.15. The van der Waals surface area contributed by atoms with Crippen LogP contribution in [0.25, 0.3) is 0 Å². The van der Waals surface area contributed by atoms with Crippen LogP contribution in [0.15, 0.2) is 22.9 Å². The Morgan fingerprint density at radius 3 is 2.88 bits per heavy atom. The van der Waals surface area contributed by atoms with E-state index in [1.54, 1.807) is 12.4 Å². The van der Waals surface area contributed by atoms with Crippen molar-refractivity contribution in [1.82, 2.24) is 4.98 Å². The maximum absolute atomic E-state index is 9.85. The maximum atomic E-state index is 9.85. The highest BCUT2D eigenvalue weighted by Gasteiger charge is 2.20. The highest BCUT2D eigenvalue weighted by molar-refractivity contribution is 9.10. The summed E-state index contributed by atoms with van der Waals surface area (Å²) in [5.41, 5.74) is 1.000. The molecule has 5 heteroatoms. The number of aliphatic hydroxyl groups excluding tert-OH is 1. The molecule has 0 bridgehead atoms. The molecule has 4 nitrogen and oxygen atoms in total. The van der Waals surface area contributed by atoms with Gasteiger partial charge in [0.15, 0.2) is 6.29 Å². The van der Waals surface area contributed by atoms with E-state index in [1.165, 1.54) is 0 Å². The molecule has 1 aliphatic heterocycles. The first-order valence-corrected chi connectivity index (χ1v) is 6.04. The zero-order valence-corrected chi connectivity index (χ0v) is 10.4. The molecule has 0 amide bonds. The summed E-state index contributed by atoms with van der Waals surface area (Å²) in [6, 6.07) is 1.95. The first-order valence-electron chi connectivity index (χ1n) is 5.25. The van der Waals surface area contributed by atoms with Gasteiger partial charge in [-0.15, -0.1) is 0 Å². The van der Waals surface area contributed by atoms with Crippen molar-refractivity contribution in [2.24, 2.45) is 0 Å². The molecule has 1 unspecified atom stereocenters. The van der Waals surface area contributed by atoms with Crippen LogP contribution >= 0.6 is 15.9 Å². The summed E-state index contributed by atoms with van der Waals surface area (Å²) in [6.07, 6.45) is 3.83. The standard InChI is InChI=1S/C11H14BrNO3/c12-9-3-8(6-13-7-9)4-10(14)5-11-15-1-2-16-11/h3,6-7,10-11,14H,1-2,4-5H2. The van der Waals surface area contributed by atoms with Crippen LogP contribution in [-0.4, -0.2) is 35.7 Å². The Morgan fingerprint density at radius 1 is 1.44 bits per heavy atom. The van der Waals surface area contributed by atoms with Crippen LogP contribution in [-0.2, 0) is 15.9 Å². The normalized spacial score (nSPS) is 18.9. The molecule has 1 atom stereocenters. The van der Waals surface area contributed by atoms with Gasteiger partial charge in [0.25, 0.3) is 0 Å². The maximum Gasteiger partial charge on any atom is 0.160 e. The first-order chi connectivity index (χ1) is 7.74. The molecule has 1 aromatic rings. The van der Waals surface area contributed by atoms with Crippen molar-refractivity contribution in [3.05, 3.63) is 28.5 Å². The lowest BCUT2D eigenvalue weighted by Gasteiger charge is -2.14. The van der Waals surface area contributed by atoms with Gasteiger partial charge in [0.1, 0.15) is 0 Å². The molecule has 0 spiro atoms. The number of hydrogen-bond donors (Lipinski definition) is 1. The summed E-state index contributed by atoms with van der Waals surface area (Å²) in [7, 11) is 0. The molecule has 1 aliphatic rings. The number of ether oxygens (including phenoxy) is 2. The molecule has 2 heterocycles. The van der Waals surface area contributed by atoms with Crippen molar-refractivity contribution < 1.29 is 14.6 Å². The molecule has 1 fully saturated rings. The molecular weight excluding hydrogens is 274 g/mol. The van der Waals surface area contributed by atoms with Crippen molar-refractivity contribution in [2.75, 3.05) is 13.2 Å². The molecule has 2 rings (SSSR count). The molecule has 1 N–H and O–H groups in total. The van der Waals surface area contributed by atoms with E-state index >= 15 is 0 Å². The zero-order chi connectivity index (χ0) is 11.4. The monoisotopic (exact) mass is 287 g/mol. The molecule has 0 saturated carbocycles. The number of rotatable bonds is 4. The number of hydrogen-bond acceptors (Lipinski definition) is 4. The number of aliphatic hydroxyl groups is 1. The van der Waals surface area contributed by atoms with Crippen LogP contribution in [0.4, 0.5) is 0 Å². The number of halogens is 1. The van der Waals surface area contributed by atoms with Gasteiger partial charge in [0.05, 0.1) is 19.3 Å². The molecule has 1 saturated heterocycles. The summed E-state index contributed by atoms with van der Waals surface area (Å²) in [5, 5.41) is 9.85. The van der Waals surface area contributed by atoms with E-state index in [-0.39, 0.29) is 6.29 Å². The summed E-state index contributed by atoms with van der Waals surface area (Å²) in [6.45, 7) is 1.24. The van der Waals surface area contributed by atoms with Crippen molar-refractivity contribution in [3.63, 3.8) is 0 Å². The lowest BCUT2D eigenvalue weighted by atomic mass is 10.1. The Labute approximate surface area is 103 Å².